The number of fused-ring (bicyclic) bond motifs is 6. The number of nitrogens with one attached hydrogen (secondary N) is 2. The molecule has 2 saturated heterocycles. The second kappa shape index (κ2) is 20.6. The maximum Gasteiger partial charge on any atom is 0.410 e. The maximum absolute atomic E-state index is 14.6. The molecular formula is C49H71N9O8. The number of allylic oxidation sites excluding steroid dienone is 2. The van der Waals surface area contributed by atoms with Crippen LogP contribution >= 0.6 is 0 Å². The fourth-order valence-corrected chi connectivity index (χ4v) is 8.81. The molecule has 0 aliphatic carbocycles. The van der Waals surface area contributed by atoms with Gasteiger partial charge in [0, 0.05) is 67.3 Å². The Balaban J connectivity index is 1.38. The zero-order valence-electron chi connectivity index (χ0n) is 41.0. The molecule has 2 aromatic heterocycles. The number of amides is 3. The van der Waals surface area contributed by atoms with Crippen LogP contribution in [0.1, 0.15) is 99.2 Å². The van der Waals surface area contributed by atoms with Crippen LogP contribution in [0, 0.1) is 17.3 Å². The van der Waals surface area contributed by atoms with Crippen molar-refractivity contribution >= 4 is 46.6 Å². The van der Waals surface area contributed by atoms with Gasteiger partial charge in [0.25, 0.3) is 5.91 Å². The number of aryl methyl sites for hydroxylation is 2. The Labute approximate surface area is 389 Å². The number of esters is 1. The van der Waals surface area contributed by atoms with Crippen molar-refractivity contribution in [2.24, 2.45) is 29.3 Å². The zero-order chi connectivity index (χ0) is 48.2. The largest absolute Gasteiger partial charge is 0.464 e. The van der Waals surface area contributed by atoms with Crippen LogP contribution in [0.3, 0.4) is 0 Å². The van der Waals surface area contributed by atoms with Gasteiger partial charge in [0.15, 0.2) is 11.6 Å². The molecule has 17 nitrogen and oxygen atoms in total. The van der Waals surface area contributed by atoms with Gasteiger partial charge in [0.1, 0.15) is 17.7 Å². The lowest BCUT2D eigenvalue weighted by Crippen LogP contribution is -2.61. The fourth-order valence-electron chi connectivity index (χ4n) is 8.81. The Kier molecular flexibility index (Phi) is 15.6. The summed E-state index contributed by atoms with van der Waals surface area (Å²) in [7, 11) is 3.48. The smallest absolute Gasteiger partial charge is 0.410 e. The number of rotatable bonds is 12. The average molecular weight is 914 g/mol. The molecule has 66 heavy (non-hydrogen) atoms. The predicted octanol–water partition coefficient (Wildman–Crippen LogP) is 6.04. The lowest BCUT2D eigenvalue weighted by atomic mass is 9.84. The van der Waals surface area contributed by atoms with Crippen molar-refractivity contribution in [1.29, 1.82) is 0 Å². The van der Waals surface area contributed by atoms with Gasteiger partial charge in [-0.05, 0) is 90.5 Å². The third-order valence-corrected chi connectivity index (χ3v) is 12.4. The Morgan fingerprint density at radius 2 is 1.89 bits per heavy atom. The van der Waals surface area contributed by atoms with Gasteiger partial charge in [-0.25, -0.2) is 19.9 Å². The average Bonchev–Trinajstić information content (AvgIpc) is 3.76. The van der Waals surface area contributed by atoms with E-state index in [4.69, 9.17) is 34.0 Å². The molecule has 0 unspecified atom stereocenters. The van der Waals surface area contributed by atoms with E-state index >= 15 is 0 Å². The number of hydrogen-bond donors (Lipinski definition) is 2. The van der Waals surface area contributed by atoms with E-state index in [9.17, 15) is 19.2 Å². The monoisotopic (exact) mass is 914 g/mol. The molecule has 1 aromatic carbocycles. The van der Waals surface area contributed by atoms with Crippen LogP contribution in [0.15, 0.2) is 41.5 Å². The van der Waals surface area contributed by atoms with Crippen molar-refractivity contribution in [3.63, 3.8) is 0 Å². The number of cyclic esters (lactones) is 1. The number of aromatic nitrogens is 4. The highest BCUT2D eigenvalue weighted by Gasteiger charge is 2.39. The van der Waals surface area contributed by atoms with E-state index in [0.29, 0.717) is 57.1 Å². The van der Waals surface area contributed by atoms with E-state index < -0.39 is 47.0 Å². The number of methoxy groups -OCH3 is 1. The molecule has 6 rings (SSSR count). The molecule has 0 saturated carbocycles. The van der Waals surface area contributed by atoms with Crippen LogP contribution in [-0.2, 0) is 59.8 Å². The summed E-state index contributed by atoms with van der Waals surface area (Å²) in [6.07, 6.45) is 4.13. The summed E-state index contributed by atoms with van der Waals surface area (Å²) in [4.78, 5) is 66.6. The van der Waals surface area contributed by atoms with Crippen LogP contribution in [0.2, 0.25) is 0 Å². The van der Waals surface area contributed by atoms with Crippen LogP contribution in [0.5, 0.6) is 0 Å². The first-order valence-electron chi connectivity index (χ1n) is 23.3. The zero-order valence-corrected chi connectivity index (χ0v) is 41.0. The molecule has 2 fully saturated rings. The van der Waals surface area contributed by atoms with Crippen LogP contribution in [-0.4, -0.2) is 129 Å². The molecule has 0 radical (unpaired) electrons. The van der Waals surface area contributed by atoms with Crippen molar-refractivity contribution in [2.75, 3.05) is 40.0 Å². The summed E-state index contributed by atoms with van der Waals surface area (Å²) in [5, 5.41) is 10.2. The molecule has 17 heteroatoms. The number of likely N-dealkylation sites (tertiary alicyclic amines) is 1. The minimum Gasteiger partial charge on any atom is -0.464 e. The summed E-state index contributed by atoms with van der Waals surface area (Å²) < 4.78 is 27.5. The van der Waals surface area contributed by atoms with Gasteiger partial charge in [0.2, 0.25) is 5.91 Å². The maximum atomic E-state index is 14.6. The number of carbonyl (C=O) groups is 4. The quantitative estimate of drug-likeness (QED) is 0.123. The normalized spacial score (nSPS) is 21.0. The lowest BCUT2D eigenvalue weighted by molar-refractivity contribution is -0.155. The number of benzene rings is 1. The predicted molar refractivity (Wildman–Crippen MR) is 253 cm³/mol. The summed E-state index contributed by atoms with van der Waals surface area (Å²) in [5.41, 5.74) is 7.37. The molecule has 6 bridgehead atoms. The minimum atomic E-state index is -1.09. The molecule has 0 spiro atoms. The second-order valence-electron chi connectivity index (χ2n) is 19.8. The molecule has 4 atom stereocenters. The minimum absolute atomic E-state index is 0.0191. The molecule has 3 aliphatic rings. The Morgan fingerprint density at radius 3 is 2.53 bits per heavy atom. The van der Waals surface area contributed by atoms with E-state index in [1.807, 2.05) is 67.7 Å². The van der Waals surface area contributed by atoms with Gasteiger partial charge in [-0.15, -0.1) is 0 Å². The Bertz CT molecular complexity index is 2350. The summed E-state index contributed by atoms with van der Waals surface area (Å²) >= 11 is 0. The van der Waals surface area contributed by atoms with Gasteiger partial charge >= 0.3 is 12.1 Å². The SMILES string of the molecule is C=C/C(=C(\N=C/C)[C@H](C)OC)c1c2c3cc(ccc3n1CC)-c1nc(nn1C)C[C@H](NC(=O)[C@@H](COC1CN(C(=O)OC(C)(C)C)C1)C(C)C)C(=O)N1CCC[C@H](N1)C(=O)OCC(C)(C)C2. The first-order valence-corrected chi connectivity index (χ1v) is 23.3. The van der Waals surface area contributed by atoms with Crippen LogP contribution in [0.4, 0.5) is 4.79 Å². The van der Waals surface area contributed by atoms with E-state index in [2.05, 4.69) is 54.8 Å². The number of aliphatic imine (C=N–C) groups is 1. The number of hydrogen-bond acceptors (Lipinski definition) is 12. The highest BCUT2D eigenvalue weighted by Crippen LogP contribution is 2.40. The highest BCUT2D eigenvalue weighted by molar-refractivity contribution is 5.95. The van der Waals surface area contributed by atoms with Crippen molar-refractivity contribution in [1.82, 2.24) is 40.0 Å². The molecule has 3 aliphatic heterocycles. The summed E-state index contributed by atoms with van der Waals surface area (Å²) in [5.74, 6) is -1.07. The van der Waals surface area contributed by atoms with E-state index in [-0.39, 0.29) is 43.7 Å². The van der Waals surface area contributed by atoms with Gasteiger partial charge in [-0.2, -0.15) is 5.10 Å². The Morgan fingerprint density at radius 1 is 1.17 bits per heavy atom. The van der Waals surface area contributed by atoms with Gasteiger partial charge in [-0.1, -0.05) is 40.3 Å². The lowest BCUT2D eigenvalue weighted by Gasteiger charge is -2.40. The van der Waals surface area contributed by atoms with Crippen molar-refractivity contribution < 1.29 is 38.1 Å². The van der Waals surface area contributed by atoms with Crippen molar-refractivity contribution in [2.45, 2.75) is 131 Å². The summed E-state index contributed by atoms with van der Waals surface area (Å²) in [6.45, 7) is 25.6. The number of nitrogens with zero attached hydrogens (tertiary/aromatic N) is 7. The molecule has 3 aromatic rings. The highest BCUT2D eigenvalue weighted by atomic mass is 16.6. The first-order chi connectivity index (χ1) is 31.2. The number of ether oxygens (including phenoxy) is 4. The van der Waals surface area contributed by atoms with Crippen LogP contribution in [0.25, 0.3) is 27.9 Å². The molecular weight excluding hydrogens is 843 g/mol. The molecule has 360 valence electrons. The van der Waals surface area contributed by atoms with E-state index in [0.717, 1.165) is 39.0 Å². The first kappa shape index (κ1) is 50.0. The van der Waals surface area contributed by atoms with Gasteiger partial charge < -0.3 is 33.7 Å². The van der Waals surface area contributed by atoms with Gasteiger partial charge in [-0.3, -0.25) is 24.4 Å². The van der Waals surface area contributed by atoms with Crippen molar-refractivity contribution in [3.05, 3.63) is 53.6 Å². The summed E-state index contributed by atoms with van der Waals surface area (Å²) in [6, 6.07) is 4.35. The Hall–Kier alpha value is -5.39. The van der Waals surface area contributed by atoms with E-state index in [1.165, 1.54) is 5.01 Å². The number of hydrazine groups is 1. The molecule has 2 N–H and O–H groups in total. The molecule has 3 amide bonds. The fraction of sp³-hybridized carbons (Fsp3) is 0.612. The van der Waals surface area contributed by atoms with Crippen molar-refractivity contribution in [3.8, 4) is 11.4 Å². The number of carbonyl (C=O) groups excluding carboxylic acids is 4. The molecule has 5 heterocycles. The van der Waals surface area contributed by atoms with Gasteiger partial charge in [0.05, 0.1) is 55.8 Å². The topological polar surface area (TPSA) is 184 Å². The van der Waals surface area contributed by atoms with Crippen LogP contribution < -0.4 is 10.7 Å². The van der Waals surface area contributed by atoms with E-state index in [1.54, 1.807) is 22.9 Å². The second-order valence-corrected chi connectivity index (χ2v) is 19.8. The standard InChI is InChI=1S/C49H71N9O8/c1-14-33(41(50-15-2)30(6)63-13)42-35-24-49(10,11)28-65-46(61)37-18-17-21-58(53-37)45(60)38(23-40-52-43(55(12)54-40)31-19-20-39(34(35)22-31)57(42)16-3)51-44(59)36(29(4)5)27-64-32-25-56(26-32)47(62)66-48(7,8)9/h14-15,19-20,22,29-30,32,36-38,53H,1,16-18,21,23-28H2,2-13H3,(H,51,59)/b41-33+,50-15-/t30-,36-,37-,38-/m0/s1. The third-order valence-electron chi connectivity index (χ3n) is 12.4. The third kappa shape index (κ3) is 11.2.